The van der Waals surface area contributed by atoms with E-state index in [2.05, 4.69) is 22.3 Å². The van der Waals surface area contributed by atoms with Gasteiger partial charge in [0, 0.05) is 6.42 Å². The van der Waals surface area contributed by atoms with Crippen molar-refractivity contribution in [1.29, 1.82) is 0 Å². The number of Topliss-reactive ketones (excluding diaryl/α,β-unsaturated/α-hetero) is 1. The highest BCUT2D eigenvalue weighted by molar-refractivity contribution is 5.97. The van der Waals surface area contributed by atoms with Gasteiger partial charge in [-0.2, -0.15) is 26.3 Å². The smallest absolute Gasteiger partial charge is 0.417 e. The molecule has 1 aromatic rings. The number of halogens is 6. The SMILES string of the molecule is CCCCCCCCCCCC(=O)N[C@@H](CCCCN)C(=O)N[C@@H](CC(C)C)C(=O)COC(=O)c1c(C(F)(F)F)cccc1C(F)(F)F. The van der Waals surface area contributed by atoms with Gasteiger partial charge in [-0.25, -0.2) is 4.79 Å². The lowest BCUT2D eigenvalue weighted by atomic mass is 9.99. The Morgan fingerprint density at radius 3 is 1.81 bits per heavy atom. The molecule has 0 fully saturated rings. The number of ether oxygens (including phenoxy) is 1. The van der Waals surface area contributed by atoms with Gasteiger partial charge in [0.05, 0.1) is 22.7 Å². The van der Waals surface area contributed by atoms with Gasteiger partial charge in [-0.15, -0.1) is 0 Å². The fourth-order valence-electron chi connectivity index (χ4n) is 5.19. The van der Waals surface area contributed by atoms with Crippen LogP contribution in [0, 0.1) is 5.92 Å². The monoisotopic (exact) mass is 695 g/mol. The number of nitrogens with one attached hydrogen (secondary N) is 2. The second-order valence-corrected chi connectivity index (χ2v) is 12.4. The highest BCUT2D eigenvalue weighted by Gasteiger charge is 2.43. The quantitative estimate of drug-likeness (QED) is 0.0618. The van der Waals surface area contributed by atoms with Gasteiger partial charge >= 0.3 is 18.3 Å². The summed E-state index contributed by atoms with van der Waals surface area (Å²) >= 11 is 0. The number of amides is 2. The summed E-state index contributed by atoms with van der Waals surface area (Å²) < 4.78 is 85.7. The Morgan fingerprint density at radius 2 is 1.31 bits per heavy atom. The standard InChI is InChI=1S/C34H51F6N3O5/c1-4-5-6-7-8-9-10-11-12-19-29(45)42-26(18-13-14-20-41)31(46)43-27(21-23(2)3)28(44)22-48-32(47)30-24(33(35,36)37)16-15-17-25(30)34(38,39)40/h15-17,23,26-27H,4-14,18-22,41H2,1-3H3,(H,42,45)(H,43,46)/t26-,27-/m0/s1. The summed E-state index contributed by atoms with van der Waals surface area (Å²) in [6.45, 7) is 4.77. The van der Waals surface area contributed by atoms with E-state index in [0.717, 1.165) is 25.7 Å². The Hall–Kier alpha value is -3.16. The maximum atomic E-state index is 13.5. The molecule has 0 saturated heterocycles. The molecule has 1 aromatic carbocycles. The largest absolute Gasteiger partial charge is 0.454 e. The van der Waals surface area contributed by atoms with E-state index in [9.17, 15) is 45.5 Å². The van der Waals surface area contributed by atoms with Gasteiger partial charge < -0.3 is 21.1 Å². The van der Waals surface area contributed by atoms with Crippen molar-refractivity contribution in [2.75, 3.05) is 13.2 Å². The number of carbonyl (C=O) groups is 4. The van der Waals surface area contributed by atoms with E-state index in [1.807, 2.05) is 0 Å². The van der Waals surface area contributed by atoms with Crippen molar-refractivity contribution in [3.05, 3.63) is 34.9 Å². The summed E-state index contributed by atoms with van der Waals surface area (Å²) in [5.74, 6) is -4.16. The molecule has 0 bridgehead atoms. The third-order valence-electron chi connectivity index (χ3n) is 7.74. The summed E-state index contributed by atoms with van der Waals surface area (Å²) in [5.41, 5.74) is 0.0926. The molecule has 2 amide bonds. The summed E-state index contributed by atoms with van der Waals surface area (Å²) in [4.78, 5) is 51.7. The summed E-state index contributed by atoms with van der Waals surface area (Å²) in [7, 11) is 0. The molecule has 48 heavy (non-hydrogen) atoms. The maximum absolute atomic E-state index is 13.5. The molecular formula is C34H51F6N3O5. The topological polar surface area (TPSA) is 128 Å². The van der Waals surface area contributed by atoms with Crippen LogP contribution in [-0.4, -0.2) is 48.8 Å². The third kappa shape index (κ3) is 16.3. The minimum absolute atomic E-state index is 0.0248. The highest BCUT2D eigenvalue weighted by atomic mass is 19.4. The van der Waals surface area contributed by atoms with Crippen LogP contribution in [0.25, 0.3) is 0 Å². The molecule has 0 aliphatic carbocycles. The minimum Gasteiger partial charge on any atom is -0.454 e. The second kappa shape index (κ2) is 21.7. The molecule has 0 radical (unpaired) electrons. The second-order valence-electron chi connectivity index (χ2n) is 12.4. The number of alkyl halides is 6. The lowest BCUT2D eigenvalue weighted by Crippen LogP contribution is -2.52. The fourth-order valence-corrected chi connectivity index (χ4v) is 5.19. The zero-order valence-corrected chi connectivity index (χ0v) is 28.2. The number of carbonyl (C=O) groups excluding carboxylic acids is 4. The number of benzene rings is 1. The zero-order chi connectivity index (χ0) is 36.3. The maximum Gasteiger partial charge on any atom is 0.417 e. The van der Waals surface area contributed by atoms with Gasteiger partial charge in [0.1, 0.15) is 6.04 Å². The number of nitrogens with two attached hydrogens (primary N) is 1. The molecule has 0 aromatic heterocycles. The van der Waals surface area contributed by atoms with Crippen LogP contribution in [0.4, 0.5) is 26.3 Å². The van der Waals surface area contributed by atoms with Gasteiger partial charge in [0.15, 0.2) is 12.4 Å². The molecule has 4 N–H and O–H groups in total. The summed E-state index contributed by atoms with van der Waals surface area (Å²) in [5, 5.41) is 5.24. The molecular weight excluding hydrogens is 644 g/mol. The Bertz CT molecular complexity index is 1120. The predicted octanol–water partition coefficient (Wildman–Crippen LogP) is 7.52. The van der Waals surface area contributed by atoms with Crippen molar-refractivity contribution in [3.63, 3.8) is 0 Å². The first kappa shape index (κ1) is 42.9. The molecule has 0 saturated carbocycles. The zero-order valence-electron chi connectivity index (χ0n) is 28.2. The van der Waals surface area contributed by atoms with Gasteiger partial charge in [-0.1, -0.05) is 78.2 Å². The molecule has 0 heterocycles. The fraction of sp³-hybridized carbons (Fsp3) is 0.706. The lowest BCUT2D eigenvalue weighted by Gasteiger charge is -2.24. The van der Waals surface area contributed by atoms with Crippen molar-refractivity contribution in [3.8, 4) is 0 Å². The molecule has 14 heteroatoms. The average molecular weight is 696 g/mol. The molecule has 0 aliphatic heterocycles. The van der Waals surface area contributed by atoms with Crippen molar-refractivity contribution in [2.45, 2.75) is 135 Å². The molecule has 8 nitrogen and oxygen atoms in total. The molecule has 2 atom stereocenters. The van der Waals surface area contributed by atoms with E-state index in [1.165, 1.54) is 25.7 Å². The van der Waals surface area contributed by atoms with E-state index in [1.54, 1.807) is 13.8 Å². The number of ketones is 1. The summed E-state index contributed by atoms with van der Waals surface area (Å²) in [6.07, 6.45) is 0.481. The van der Waals surface area contributed by atoms with Crippen LogP contribution >= 0.6 is 0 Å². The average Bonchev–Trinajstić information content (AvgIpc) is 3.00. The molecule has 274 valence electrons. The summed E-state index contributed by atoms with van der Waals surface area (Å²) in [6, 6.07) is -1.17. The Balaban J connectivity index is 2.93. The number of hydrogen-bond donors (Lipinski definition) is 3. The van der Waals surface area contributed by atoms with E-state index in [4.69, 9.17) is 5.73 Å². The third-order valence-corrected chi connectivity index (χ3v) is 7.74. The van der Waals surface area contributed by atoms with E-state index < -0.39 is 65.4 Å². The number of esters is 1. The van der Waals surface area contributed by atoms with E-state index in [0.29, 0.717) is 44.0 Å². The van der Waals surface area contributed by atoms with Crippen LogP contribution in [0.5, 0.6) is 0 Å². The van der Waals surface area contributed by atoms with Crippen LogP contribution in [0.2, 0.25) is 0 Å². The normalized spacial score (nSPS) is 13.2. The van der Waals surface area contributed by atoms with Crippen LogP contribution in [-0.2, 0) is 31.5 Å². The van der Waals surface area contributed by atoms with Gasteiger partial charge in [-0.3, -0.25) is 14.4 Å². The molecule has 0 unspecified atom stereocenters. The number of hydrogen-bond acceptors (Lipinski definition) is 6. The van der Waals surface area contributed by atoms with Gasteiger partial charge in [-0.05, 0) is 56.7 Å². The van der Waals surface area contributed by atoms with E-state index in [-0.39, 0.29) is 31.1 Å². The van der Waals surface area contributed by atoms with Gasteiger partial charge in [0.2, 0.25) is 11.8 Å². The highest BCUT2D eigenvalue weighted by Crippen LogP contribution is 2.39. The van der Waals surface area contributed by atoms with Crippen molar-refractivity contribution in [1.82, 2.24) is 10.6 Å². The lowest BCUT2D eigenvalue weighted by molar-refractivity contribution is -0.144. The van der Waals surface area contributed by atoms with Crippen LogP contribution in [0.1, 0.15) is 132 Å². The van der Waals surface area contributed by atoms with Crippen LogP contribution < -0.4 is 16.4 Å². The Kier molecular flexibility index (Phi) is 19.4. The van der Waals surface area contributed by atoms with Gasteiger partial charge in [0.25, 0.3) is 0 Å². The molecule has 0 spiro atoms. The first-order chi connectivity index (χ1) is 22.5. The van der Waals surface area contributed by atoms with Crippen molar-refractivity contribution >= 4 is 23.6 Å². The van der Waals surface area contributed by atoms with Crippen molar-refractivity contribution in [2.24, 2.45) is 11.7 Å². The van der Waals surface area contributed by atoms with Crippen LogP contribution in [0.3, 0.4) is 0 Å². The Morgan fingerprint density at radius 1 is 0.771 bits per heavy atom. The van der Waals surface area contributed by atoms with Crippen molar-refractivity contribution < 1.29 is 50.3 Å². The molecule has 0 aliphatic rings. The minimum atomic E-state index is -5.31. The Labute approximate surface area is 279 Å². The van der Waals surface area contributed by atoms with Crippen LogP contribution in [0.15, 0.2) is 18.2 Å². The first-order valence-electron chi connectivity index (χ1n) is 16.8. The number of rotatable bonds is 23. The molecule has 1 rings (SSSR count). The van der Waals surface area contributed by atoms with E-state index >= 15 is 0 Å². The number of unbranched alkanes of at least 4 members (excludes halogenated alkanes) is 9. The first-order valence-corrected chi connectivity index (χ1v) is 16.8. The predicted molar refractivity (Wildman–Crippen MR) is 170 cm³/mol.